The first-order valence-electron chi connectivity index (χ1n) is 6.87. The van der Waals surface area contributed by atoms with Gasteiger partial charge in [0.15, 0.2) is 16.7 Å². The van der Waals surface area contributed by atoms with Crippen molar-refractivity contribution in [1.29, 1.82) is 0 Å². The Bertz CT molecular complexity index is 873. The van der Waals surface area contributed by atoms with Crippen molar-refractivity contribution in [1.82, 2.24) is 14.8 Å². The molecule has 0 fully saturated rings. The number of thiazole rings is 1. The third-order valence-electron chi connectivity index (χ3n) is 3.06. The molecule has 3 rings (SSSR count). The SMILES string of the molecule is COc1ccc(OCC(=O)N/N=C/c2c(Cl)nc3sccn23)cc1. The number of aromatic nitrogens is 2. The monoisotopic (exact) mass is 364 g/mol. The van der Waals surface area contributed by atoms with Gasteiger partial charge in [-0.15, -0.1) is 11.3 Å². The van der Waals surface area contributed by atoms with E-state index in [4.69, 9.17) is 21.1 Å². The van der Waals surface area contributed by atoms with Crippen LogP contribution in [0.2, 0.25) is 5.15 Å². The van der Waals surface area contributed by atoms with Gasteiger partial charge in [0.2, 0.25) is 0 Å². The van der Waals surface area contributed by atoms with Crippen LogP contribution in [-0.4, -0.2) is 35.2 Å². The van der Waals surface area contributed by atoms with Crippen LogP contribution in [0.15, 0.2) is 40.9 Å². The summed E-state index contributed by atoms with van der Waals surface area (Å²) in [6.07, 6.45) is 3.27. The summed E-state index contributed by atoms with van der Waals surface area (Å²) in [7, 11) is 1.58. The Morgan fingerprint density at radius 1 is 1.42 bits per heavy atom. The van der Waals surface area contributed by atoms with Gasteiger partial charge in [-0.05, 0) is 24.3 Å². The lowest BCUT2D eigenvalue weighted by atomic mass is 10.3. The fourth-order valence-electron chi connectivity index (χ4n) is 1.91. The van der Waals surface area contributed by atoms with Gasteiger partial charge >= 0.3 is 0 Å². The Labute approximate surface area is 146 Å². The molecule has 1 amide bonds. The van der Waals surface area contributed by atoms with Crippen LogP contribution in [-0.2, 0) is 4.79 Å². The van der Waals surface area contributed by atoms with E-state index >= 15 is 0 Å². The maximum atomic E-state index is 11.7. The third kappa shape index (κ3) is 3.66. The van der Waals surface area contributed by atoms with Crippen LogP contribution in [0.4, 0.5) is 0 Å². The molecule has 1 N–H and O–H groups in total. The number of halogens is 1. The Morgan fingerprint density at radius 2 is 2.17 bits per heavy atom. The minimum absolute atomic E-state index is 0.155. The molecule has 0 bridgehead atoms. The molecule has 0 saturated heterocycles. The molecule has 0 atom stereocenters. The van der Waals surface area contributed by atoms with E-state index < -0.39 is 0 Å². The number of hydrazone groups is 1. The summed E-state index contributed by atoms with van der Waals surface area (Å²) in [6.45, 7) is -0.155. The van der Waals surface area contributed by atoms with Gasteiger partial charge in [0.1, 0.15) is 17.2 Å². The van der Waals surface area contributed by atoms with Crippen molar-refractivity contribution in [2.45, 2.75) is 0 Å². The van der Waals surface area contributed by atoms with Crippen molar-refractivity contribution >= 4 is 40.0 Å². The van der Waals surface area contributed by atoms with Crippen LogP contribution in [0.25, 0.3) is 4.96 Å². The minimum Gasteiger partial charge on any atom is -0.497 e. The molecule has 2 aromatic heterocycles. The van der Waals surface area contributed by atoms with Gasteiger partial charge in [0.05, 0.1) is 13.3 Å². The second kappa shape index (κ2) is 7.33. The Balaban J connectivity index is 1.53. The van der Waals surface area contributed by atoms with Gasteiger partial charge < -0.3 is 9.47 Å². The molecule has 9 heteroatoms. The zero-order chi connectivity index (χ0) is 16.9. The summed E-state index contributed by atoms with van der Waals surface area (Å²) >= 11 is 7.49. The maximum absolute atomic E-state index is 11.7. The van der Waals surface area contributed by atoms with E-state index in [-0.39, 0.29) is 12.5 Å². The quantitative estimate of drug-likeness (QED) is 0.538. The topological polar surface area (TPSA) is 77.2 Å². The summed E-state index contributed by atoms with van der Waals surface area (Å²) in [4.78, 5) is 16.7. The summed E-state index contributed by atoms with van der Waals surface area (Å²) < 4.78 is 12.2. The minimum atomic E-state index is -0.385. The van der Waals surface area contributed by atoms with Crippen molar-refractivity contribution in [3.05, 3.63) is 46.7 Å². The van der Waals surface area contributed by atoms with E-state index in [0.717, 1.165) is 4.96 Å². The van der Waals surface area contributed by atoms with E-state index in [9.17, 15) is 4.79 Å². The van der Waals surface area contributed by atoms with E-state index in [0.29, 0.717) is 22.3 Å². The first kappa shape index (κ1) is 16.3. The van der Waals surface area contributed by atoms with Crippen LogP contribution in [0, 0.1) is 0 Å². The number of methoxy groups -OCH3 is 1. The number of imidazole rings is 1. The van der Waals surface area contributed by atoms with Crippen molar-refractivity contribution in [3.63, 3.8) is 0 Å². The molecule has 24 heavy (non-hydrogen) atoms. The summed E-state index contributed by atoms with van der Waals surface area (Å²) in [5.41, 5.74) is 2.98. The molecule has 0 aliphatic heterocycles. The van der Waals surface area contributed by atoms with Crippen LogP contribution in [0.5, 0.6) is 11.5 Å². The smallest absolute Gasteiger partial charge is 0.277 e. The largest absolute Gasteiger partial charge is 0.497 e. The summed E-state index contributed by atoms with van der Waals surface area (Å²) in [6, 6.07) is 6.93. The molecular weight excluding hydrogens is 352 g/mol. The molecule has 3 aromatic rings. The molecule has 2 heterocycles. The zero-order valence-electron chi connectivity index (χ0n) is 12.6. The second-order valence-corrected chi connectivity index (χ2v) is 5.83. The summed E-state index contributed by atoms with van der Waals surface area (Å²) in [5, 5.41) is 6.09. The third-order valence-corrected chi connectivity index (χ3v) is 4.09. The molecule has 0 spiro atoms. The average Bonchev–Trinajstić information content (AvgIpc) is 3.15. The lowest BCUT2D eigenvalue weighted by Crippen LogP contribution is -2.24. The van der Waals surface area contributed by atoms with Crippen LogP contribution >= 0.6 is 22.9 Å². The van der Waals surface area contributed by atoms with Crippen LogP contribution in [0.3, 0.4) is 0 Å². The zero-order valence-corrected chi connectivity index (χ0v) is 14.2. The van der Waals surface area contributed by atoms with E-state index in [1.165, 1.54) is 17.6 Å². The lowest BCUT2D eigenvalue weighted by Gasteiger charge is -2.05. The molecule has 0 aliphatic rings. The molecule has 0 radical (unpaired) electrons. The standard InChI is InChI=1S/C15H13ClN4O3S/c1-22-10-2-4-11(5-3-10)23-9-13(21)19-17-8-12-14(16)18-15-20(12)6-7-24-15/h2-8H,9H2,1H3,(H,19,21)/b17-8+. The normalized spacial score (nSPS) is 11.1. The molecule has 0 aliphatic carbocycles. The first-order chi connectivity index (χ1) is 11.7. The summed E-state index contributed by atoms with van der Waals surface area (Å²) in [5.74, 6) is 0.895. The molecule has 0 unspecified atom stereocenters. The Kier molecular flexibility index (Phi) is 4.97. The van der Waals surface area contributed by atoms with E-state index in [2.05, 4.69) is 15.5 Å². The van der Waals surface area contributed by atoms with Crippen molar-refractivity contribution in [3.8, 4) is 11.5 Å². The Morgan fingerprint density at radius 3 is 2.92 bits per heavy atom. The molecule has 7 nitrogen and oxygen atoms in total. The number of amides is 1. The van der Waals surface area contributed by atoms with Gasteiger partial charge in [0.25, 0.3) is 5.91 Å². The van der Waals surface area contributed by atoms with Crippen molar-refractivity contribution in [2.75, 3.05) is 13.7 Å². The highest BCUT2D eigenvalue weighted by molar-refractivity contribution is 7.15. The molecule has 124 valence electrons. The molecule has 0 saturated carbocycles. The van der Waals surface area contributed by atoms with Gasteiger partial charge in [0, 0.05) is 11.6 Å². The van der Waals surface area contributed by atoms with E-state index in [1.807, 2.05) is 11.6 Å². The second-order valence-electron chi connectivity index (χ2n) is 4.60. The molecule has 1 aromatic carbocycles. The number of carbonyl (C=O) groups excluding carboxylic acids is 1. The van der Waals surface area contributed by atoms with E-state index in [1.54, 1.807) is 35.8 Å². The predicted octanol–water partition coefficient (Wildman–Crippen LogP) is 2.59. The van der Waals surface area contributed by atoms with Crippen molar-refractivity contribution < 1.29 is 14.3 Å². The number of nitrogens with one attached hydrogen (secondary N) is 1. The number of fused-ring (bicyclic) bond motifs is 1. The van der Waals surface area contributed by atoms with Crippen LogP contribution in [0.1, 0.15) is 5.69 Å². The lowest BCUT2D eigenvalue weighted by molar-refractivity contribution is -0.123. The number of carbonyl (C=O) groups is 1. The van der Waals surface area contributed by atoms with Crippen molar-refractivity contribution in [2.24, 2.45) is 5.10 Å². The highest BCUT2D eigenvalue weighted by Gasteiger charge is 2.09. The van der Waals surface area contributed by atoms with Gasteiger partial charge in [-0.1, -0.05) is 11.6 Å². The predicted molar refractivity (Wildman–Crippen MR) is 92.3 cm³/mol. The number of rotatable bonds is 6. The number of hydrogen-bond donors (Lipinski definition) is 1. The highest BCUT2D eigenvalue weighted by atomic mass is 35.5. The Hall–Kier alpha value is -2.58. The highest BCUT2D eigenvalue weighted by Crippen LogP contribution is 2.19. The van der Waals surface area contributed by atoms with Gasteiger partial charge in [-0.2, -0.15) is 5.10 Å². The fraction of sp³-hybridized carbons (Fsp3) is 0.133. The van der Waals surface area contributed by atoms with Crippen LogP contribution < -0.4 is 14.9 Å². The van der Waals surface area contributed by atoms with Gasteiger partial charge in [-0.25, -0.2) is 10.4 Å². The number of nitrogens with zero attached hydrogens (tertiary/aromatic N) is 3. The number of benzene rings is 1. The average molecular weight is 365 g/mol. The first-order valence-corrected chi connectivity index (χ1v) is 8.13. The maximum Gasteiger partial charge on any atom is 0.277 e. The van der Waals surface area contributed by atoms with Gasteiger partial charge in [-0.3, -0.25) is 9.20 Å². The number of ether oxygens (including phenoxy) is 2. The fourth-order valence-corrected chi connectivity index (χ4v) is 2.90. The molecular formula is C15H13ClN4O3S. The number of hydrogen-bond acceptors (Lipinski definition) is 6.